The second-order valence-electron chi connectivity index (χ2n) is 5.65. The van der Waals surface area contributed by atoms with E-state index >= 15 is 0 Å². The first-order chi connectivity index (χ1) is 11.2. The van der Waals surface area contributed by atoms with Crippen LogP contribution >= 0.6 is 0 Å². The van der Waals surface area contributed by atoms with Crippen LogP contribution in [0.5, 0.6) is 5.75 Å². The molecule has 0 radical (unpaired) electrons. The van der Waals surface area contributed by atoms with Crippen LogP contribution in [0.1, 0.15) is 0 Å². The van der Waals surface area contributed by atoms with Crippen molar-refractivity contribution in [2.45, 2.75) is 6.55 Å². The third-order valence-corrected chi connectivity index (χ3v) is 8.83. The van der Waals surface area contributed by atoms with Crippen LogP contribution in [0.15, 0.2) is 84.9 Å². The molecule has 0 aromatic heterocycles. The highest BCUT2D eigenvalue weighted by Crippen LogP contribution is 2.12. The van der Waals surface area contributed by atoms with E-state index in [2.05, 4.69) is 79.3 Å². The minimum absolute atomic E-state index is 0.300. The summed E-state index contributed by atoms with van der Waals surface area (Å²) in [6, 6.07) is 29.5. The molecular weight excluding hydrogens is 299 g/mol. The molecule has 114 valence electrons. The van der Waals surface area contributed by atoms with Crippen molar-refractivity contribution in [3.05, 3.63) is 84.9 Å². The molecule has 0 heterocycles. The second-order valence-corrected chi connectivity index (χ2v) is 9.64. The van der Waals surface area contributed by atoms with Gasteiger partial charge in [0, 0.05) is 0 Å². The molecule has 0 aliphatic heterocycles. The molecule has 0 saturated heterocycles. The molecule has 0 spiro atoms. The average Bonchev–Trinajstić information content (AvgIpc) is 2.63. The quantitative estimate of drug-likeness (QED) is 0.570. The van der Waals surface area contributed by atoms with Gasteiger partial charge < -0.3 is 9.68 Å². The molecule has 1 N–H and O–H groups in total. The highest BCUT2D eigenvalue weighted by atomic mass is 28.3. The first kappa shape index (κ1) is 15.6. The minimum atomic E-state index is -2.04. The van der Waals surface area contributed by atoms with Gasteiger partial charge >= 0.3 is 7.69 Å². The van der Waals surface area contributed by atoms with E-state index in [9.17, 15) is 0 Å². The zero-order valence-corrected chi connectivity index (χ0v) is 14.1. The maximum absolute atomic E-state index is 8.89. The largest absolute Gasteiger partial charge is 0.539 e. The van der Waals surface area contributed by atoms with E-state index < -0.39 is 8.07 Å². The lowest BCUT2D eigenvalue weighted by Crippen LogP contribution is -2.64. The summed E-state index contributed by atoms with van der Waals surface area (Å²) in [5, 5.41) is 13.0. The highest BCUT2D eigenvalue weighted by molar-refractivity contribution is 7.10. The fourth-order valence-corrected chi connectivity index (χ4v) is 6.55. The maximum atomic E-state index is 8.89. The van der Waals surface area contributed by atoms with Crippen LogP contribution in [-0.2, 0) is 0 Å². The Morgan fingerprint density at radius 2 is 1.13 bits per heavy atom. The number of benzene rings is 3. The fraction of sp³-hybridized carbons (Fsp3) is 0.0526. The van der Waals surface area contributed by atoms with Crippen LogP contribution in [0.25, 0.3) is 0 Å². The smallest absolute Gasteiger partial charge is 0.504 e. The van der Waals surface area contributed by atoms with Crippen molar-refractivity contribution in [1.29, 1.82) is 0 Å². The summed E-state index contributed by atoms with van der Waals surface area (Å²) in [4.78, 5) is 0. The van der Waals surface area contributed by atoms with Gasteiger partial charge in [-0.2, -0.15) is 0 Å². The Bertz CT molecular complexity index is 706. The lowest BCUT2D eigenvalue weighted by Gasteiger charge is -2.29. The van der Waals surface area contributed by atoms with Crippen molar-refractivity contribution in [1.82, 2.24) is 0 Å². The summed E-state index contributed by atoms with van der Waals surface area (Å²) in [5.41, 5.74) is 0. The van der Waals surface area contributed by atoms with Crippen LogP contribution in [-0.4, -0.2) is 20.8 Å². The van der Waals surface area contributed by atoms with Gasteiger partial charge in [-0.05, 0) is 27.7 Å². The van der Waals surface area contributed by atoms with Crippen molar-refractivity contribution in [3.8, 4) is 5.75 Å². The normalized spacial score (nSPS) is 11.0. The minimum Gasteiger partial charge on any atom is -0.539 e. The van der Waals surface area contributed by atoms with Gasteiger partial charge in [0.25, 0.3) is 0 Å². The molecule has 0 aliphatic rings. The summed E-state index contributed by atoms with van der Waals surface area (Å²) in [6.45, 7) is 2.37. The zero-order valence-electron chi connectivity index (χ0n) is 13.1. The van der Waals surface area contributed by atoms with Crippen molar-refractivity contribution in [2.24, 2.45) is 0 Å². The number of hydrogen-bond acceptors (Lipinski definition) is 2. The van der Waals surface area contributed by atoms with Gasteiger partial charge in [0.05, 0.1) is 0 Å². The van der Waals surface area contributed by atoms with Gasteiger partial charge in [0.2, 0.25) is 0 Å². The predicted octanol–water partition coefficient (Wildman–Crippen LogP) is 1.42. The van der Waals surface area contributed by atoms with Crippen LogP contribution < -0.4 is 20.2 Å². The van der Waals surface area contributed by atoms with E-state index in [1.54, 1.807) is 0 Å². The lowest BCUT2D eigenvalue weighted by molar-refractivity contribution is 0.454. The molecule has 4 heteroatoms. The Labute approximate surface area is 138 Å². The van der Waals surface area contributed by atoms with Gasteiger partial charge in [-0.25, -0.2) is 0 Å². The number of rotatable bonds is 5. The first-order valence-corrected chi connectivity index (χ1v) is 10.2. The fourth-order valence-electron chi connectivity index (χ4n) is 3.00. The van der Waals surface area contributed by atoms with Crippen LogP contribution in [0.3, 0.4) is 0 Å². The Morgan fingerprint density at radius 1 is 0.696 bits per heavy atom. The Morgan fingerprint density at radius 3 is 1.57 bits per heavy atom. The van der Waals surface area contributed by atoms with E-state index in [1.165, 1.54) is 15.6 Å². The standard InChI is InChI=1S/C19H19BO2Si/c1-23(17-8-4-2-5-9-17,18-10-6-3-7-11-18)19-14-12-16(13-15-19)22-20-21/h2-15,20-21H,1H3. The highest BCUT2D eigenvalue weighted by Gasteiger charge is 2.33. The van der Waals surface area contributed by atoms with E-state index in [-0.39, 0.29) is 7.69 Å². The Balaban J connectivity index is 2.13. The van der Waals surface area contributed by atoms with Crippen LogP contribution in [0.4, 0.5) is 0 Å². The molecular formula is C19H19BO2Si. The summed E-state index contributed by atoms with van der Waals surface area (Å²) in [7, 11) is -2.34. The monoisotopic (exact) mass is 318 g/mol. The van der Waals surface area contributed by atoms with E-state index in [1.807, 2.05) is 12.1 Å². The summed E-state index contributed by atoms with van der Waals surface area (Å²) >= 11 is 0. The van der Waals surface area contributed by atoms with Crippen molar-refractivity contribution in [3.63, 3.8) is 0 Å². The molecule has 0 bridgehead atoms. The Hall–Kier alpha value is -2.30. The molecule has 0 aliphatic carbocycles. The Kier molecular flexibility index (Phi) is 4.65. The van der Waals surface area contributed by atoms with Gasteiger partial charge in [-0.15, -0.1) is 0 Å². The van der Waals surface area contributed by atoms with Crippen molar-refractivity contribution in [2.75, 3.05) is 0 Å². The predicted molar refractivity (Wildman–Crippen MR) is 99.8 cm³/mol. The van der Waals surface area contributed by atoms with E-state index in [4.69, 9.17) is 9.68 Å². The van der Waals surface area contributed by atoms with Gasteiger partial charge in [-0.1, -0.05) is 79.3 Å². The van der Waals surface area contributed by atoms with E-state index in [0.717, 1.165) is 0 Å². The zero-order chi connectivity index (χ0) is 16.1. The first-order valence-electron chi connectivity index (χ1n) is 7.70. The molecule has 0 unspecified atom stereocenters. The molecule has 0 fully saturated rings. The van der Waals surface area contributed by atoms with Crippen molar-refractivity contribution >= 4 is 31.3 Å². The molecule has 3 aromatic carbocycles. The molecule has 2 nitrogen and oxygen atoms in total. The summed E-state index contributed by atoms with van der Waals surface area (Å²) in [5.74, 6) is 0.689. The molecule has 3 rings (SSSR count). The average molecular weight is 318 g/mol. The molecule has 3 aromatic rings. The van der Waals surface area contributed by atoms with Gasteiger partial charge in [0.15, 0.2) is 0 Å². The summed E-state index contributed by atoms with van der Waals surface area (Å²) in [6.07, 6.45) is 0. The van der Waals surface area contributed by atoms with Crippen LogP contribution in [0.2, 0.25) is 6.55 Å². The molecule has 0 saturated carbocycles. The third-order valence-electron chi connectivity index (χ3n) is 4.37. The van der Waals surface area contributed by atoms with Gasteiger partial charge in [-0.3, -0.25) is 0 Å². The number of hydrogen-bond donors (Lipinski definition) is 1. The van der Waals surface area contributed by atoms with Crippen molar-refractivity contribution < 1.29 is 9.68 Å². The SMILES string of the molecule is C[Si](c1ccccc1)(c1ccccc1)c1ccc(OBO)cc1. The molecule has 0 amide bonds. The summed E-state index contributed by atoms with van der Waals surface area (Å²) < 4.78 is 5.16. The van der Waals surface area contributed by atoms with Crippen LogP contribution in [0, 0.1) is 0 Å². The van der Waals surface area contributed by atoms with Gasteiger partial charge in [0.1, 0.15) is 13.8 Å². The van der Waals surface area contributed by atoms with E-state index in [0.29, 0.717) is 5.75 Å². The molecule has 0 atom stereocenters. The third kappa shape index (κ3) is 3.09. The molecule has 23 heavy (non-hydrogen) atoms. The lowest BCUT2D eigenvalue weighted by atomic mass is 10.3. The topological polar surface area (TPSA) is 29.5 Å². The second kappa shape index (κ2) is 6.86. The maximum Gasteiger partial charge on any atom is 0.504 e.